The van der Waals surface area contributed by atoms with Gasteiger partial charge in [-0.25, -0.2) is 0 Å². The third kappa shape index (κ3) is 3.87. The van der Waals surface area contributed by atoms with Gasteiger partial charge < -0.3 is 9.47 Å². The number of hydrogen-bond donors (Lipinski definition) is 0. The maximum absolute atomic E-state index is 6.64. The van der Waals surface area contributed by atoms with E-state index in [0.717, 1.165) is 25.4 Å². The van der Waals surface area contributed by atoms with E-state index in [9.17, 15) is 0 Å². The first-order chi connectivity index (χ1) is 9.08. The Morgan fingerprint density at radius 3 is 2.53 bits per heavy atom. The highest BCUT2D eigenvalue weighted by molar-refractivity contribution is 6.21. The molecule has 1 heterocycles. The number of hydrogen-bond acceptors (Lipinski definition) is 2. The fraction of sp³-hybridized carbons (Fsp3) is 0.625. The zero-order valence-corrected chi connectivity index (χ0v) is 12.7. The number of halogens is 1. The Morgan fingerprint density at radius 2 is 1.95 bits per heavy atom. The Morgan fingerprint density at radius 1 is 1.26 bits per heavy atom. The normalized spacial score (nSPS) is 25.3. The molecule has 3 heteroatoms. The summed E-state index contributed by atoms with van der Waals surface area (Å²) in [6.07, 6.45) is 1.24. The topological polar surface area (TPSA) is 18.5 Å². The molecular formula is C16H23ClO2. The van der Waals surface area contributed by atoms with Crippen LogP contribution in [0.1, 0.15) is 38.1 Å². The summed E-state index contributed by atoms with van der Waals surface area (Å²) >= 11 is 6.64. The van der Waals surface area contributed by atoms with Crippen LogP contribution in [0, 0.1) is 11.8 Å². The molecule has 0 spiro atoms. The van der Waals surface area contributed by atoms with Crippen molar-refractivity contribution in [2.75, 3.05) is 13.2 Å². The molecule has 3 atom stereocenters. The summed E-state index contributed by atoms with van der Waals surface area (Å²) in [5.74, 6) is 1.91. The molecule has 0 amide bonds. The Balaban J connectivity index is 2.04. The molecule has 19 heavy (non-hydrogen) atoms. The first kappa shape index (κ1) is 14.7. The van der Waals surface area contributed by atoms with Crippen LogP contribution in [-0.4, -0.2) is 19.3 Å². The maximum atomic E-state index is 6.64. The van der Waals surface area contributed by atoms with Crippen molar-refractivity contribution in [2.24, 2.45) is 11.8 Å². The van der Waals surface area contributed by atoms with E-state index in [2.05, 4.69) is 19.1 Å². The van der Waals surface area contributed by atoms with Gasteiger partial charge in [0.15, 0.2) is 0 Å². The van der Waals surface area contributed by atoms with Gasteiger partial charge in [-0.3, -0.25) is 0 Å². The molecule has 106 valence electrons. The summed E-state index contributed by atoms with van der Waals surface area (Å²) in [7, 11) is 0. The van der Waals surface area contributed by atoms with E-state index >= 15 is 0 Å². The molecule has 1 aromatic carbocycles. The molecule has 0 aliphatic carbocycles. The minimum atomic E-state index is 0.0620. The van der Waals surface area contributed by atoms with Crippen molar-refractivity contribution in [1.82, 2.24) is 0 Å². The molecule has 0 aromatic heterocycles. The van der Waals surface area contributed by atoms with Crippen LogP contribution in [-0.2, 0) is 4.74 Å². The molecular weight excluding hydrogens is 260 g/mol. The van der Waals surface area contributed by atoms with Crippen molar-refractivity contribution < 1.29 is 9.47 Å². The summed E-state index contributed by atoms with van der Waals surface area (Å²) < 4.78 is 11.1. The van der Waals surface area contributed by atoms with Gasteiger partial charge in [-0.15, -0.1) is 11.6 Å². The standard InChI is InChI=1S/C16H23ClO2/c1-11(2)19-14-6-4-13(5-7-14)16(17)15-8-9-18-10-12(15)3/h4-7,11-12,15-16H,8-10H2,1-3H3. The molecule has 1 fully saturated rings. The van der Waals surface area contributed by atoms with Crippen LogP contribution < -0.4 is 4.74 Å². The average molecular weight is 283 g/mol. The van der Waals surface area contributed by atoms with E-state index in [0.29, 0.717) is 11.8 Å². The van der Waals surface area contributed by atoms with E-state index in [1.165, 1.54) is 5.56 Å². The predicted molar refractivity (Wildman–Crippen MR) is 78.9 cm³/mol. The fourth-order valence-corrected chi connectivity index (χ4v) is 3.10. The van der Waals surface area contributed by atoms with Crippen molar-refractivity contribution >= 4 is 11.6 Å². The Bertz CT molecular complexity index is 388. The lowest BCUT2D eigenvalue weighted by Gasteiger charge is -2.32. The van der Waals surface area contributed by atoms with Crippen molar-refractivity contribution in [2.45, 2.75) is 38.7 Å². The first-order valence-corrected chi connectivity index (χ1v) is 7.50. The molecule has 2 rings (SSSR count). The summed E-state index contributed by atoms with van der Waals surface area (Å²) in [4.78, 5) is 0. The van der Waals surface area contributed by atoms with Crippen LogP contribution in [0.15, 0.2) is 24.3 Å². The number of ether oxygens (including phenoxy) is 2. The van der Waals surface area contributed by atoms with Gasteiger partial charge in [0.1, 0.15) is 5.75 Å². The Hall–Kier alpha value is -0.730. The number of rotatable bonds is 4. The molecule has 3 unspecified atom stereocenters. The third-order valence-electron chi connectivity index (χ3n) is 3.65. The zero-order valence-electron chi connectivity index (χ0n) is 11.9. The zero-order chi connectivity index (χ0) is 13.8. The molecule has 0 N–H and O–H groups in total. The average Bonchev–Trinajstić information content (AvgIpc) is 2.39. The number of benzene rings is 1. The van der Waals surface area contributed by atoms with Gasteiger partial charge in [0.2, 0.25) is 0 Å². The van der Waals surface area contributed by atoms with Crippen LogP contribution in [0.5, 0.6) is 5.75 Å². The van der Waals surface area contributed by atoms with Gasteiger partial charge in [0.25, 0.3) is 0 Å². The lowest BCUT2D eigenvalue weighted by molar-refractivity contribution is 0.0228. The van der Waals surface area contributed by atoms with Crippen LogP contribution in [0.3, 0.4) is 0 Å². The second kappa shape index (κ2) is 6.62. The fourth-order valence-electron chi connectivity index (χ4n) is 2.58. The summed E-state index contributed by atoms with van der Waals surface area (Å²) in [5, 5.41) is 0.0620. The van der Waals surface area contributed by atoms with E-state index in [-0.39, 0.29) is 11.5 Å². The van der Waals surface area contributed by atoms with Gasteiger partial charge in [-0.1, -0.05) is 19.1 Å². The minimum absolute atomic E-state index is 0.0620. The van der Waals surface area contributed by atoms with Crippen LogP contribution in [0.25, 0.3) is 0 Å². The Labute approximate surface area is 121 Å². The van der Waals surface area contributed by atoms with E-state index < -0.39 is 0 Å². The summed E-state index contributed by atoms with van der Waals surface area (Å²) in [6, 6.07) is 8.18. The quantitative estimate of drug-likeness (QED) is 0.761. The van der Waals surface area contributed by atoms with E-state index in [1.807, 2.05) is 26.0 Å². The molecule has 0 saturated carbocycles. The minimum Gasteiger partial charge on any atom is -0.491 e. The van der Waals surface area contributed by atoms with Crippen molar-refractivity contribution in [3.8, 4) is 5.75 Å². The smallest absolute Gasteiger partial charge is 0.119 e. The highest BCUT2D eigenvalue weighted by Gasteiger charge is 2.29. The molecule has 1 aromatic rings. The highest BCUT2D eigenvalue weighted by atomic mass is 35.5. The molecule has 1 saturated heterocycles. The second-order valence-electron chi connectivity index (χ2n) is 5.64. The van der Waals surface area contributed by atoms with Crippen molar-refractivity contribution in [3.63, 3.8) is 0 Å². The van der Waals surface area contributed by atoms with Crippen molar-refractivity contribution in [1.29, 1.82) is 0 Å². The van der Waals surface area contributed by atoms with Gasteiger partial charge in [-0.05, 0) is 49.8 Å². The van der Waals surface area contributed by atoms with Crippen LogP contribution in [0.2, 0.25) is 0 Å². The molecule has 1 aliphatic rings. The van der Waals surface area contributed by atoms with Gasteiger partial charge in [0.05, 0.1) is 11.5 Å². The largest absolute Gasteiger partial charge is 0.491 e. The van der Waals surface area contributed by atoms with Crippen LogP contribution in [0.4, 0.5) is 0 Å². The van der Waals surface area contributed by atoms with E-state index in [4.69, 9.17) is 21.1 Å². The monoisotopic (exact) mass is 282 g/mol. The number of alkyl halides is 1. The highest BCUT2D eigenvalue weighted by Crippen LogP contribution is 2.38. The Kier molecular flexibility index (Phi) is 5.12. The van der Waals surface area contributed by atoms with Gasteiger partial charge >= 0.3 is 0 Å². The lowest BCUT2D eigenvalue weighted by Crippen LogP contribution is -2.28. The second-order valence-corrected chi connectivity index (χ2v) is 6.11. The van der Waals surface area contributed by atoms with Gasteiger partial charge in [-0.2, -0.15) is 0 Å². The van der Waals surface area contributed by atoms with Gasteiger partial charge in [0, 0.05) is 13.2 Å². The van der Waals surface area contributed by atoms with E-state index in [1.54, 1.807) is 0 Å². The first-order valence-electron chi connectivity index (χ1n) is 7.06. The molecule has 0 radical (unpaired) electrons. The van der Waals surface area contributed by atoms with Crippen LogP contribution >= 0.6 is 11.6 Å². The molecule has 2 nitrogen and oxygen atoms in total. The SMILES string of the molecule is CC(C)Oc1ccc(C(Cl)C2CCOCC2C)cc1. The molecule has 1 aliphatic heterocycles. The summed E-state index contributed by atoms with van der Waals surface area (Å²) in [6.45, 7) is 7.93. The summed E-state index contributed by atoms with van der Waals surface area (Å²) in [5.41, 5.74) is 1.18. The molecule has 0 bridgehead atoms. The lowest BCUT2D eigenvalue weighted by atomic mass is 9.84. The van der Waals surface area contributed by atoms with Crippen molar-refractivity contribution in [3.05, 3.63) is 29.8 Å². The third-order valence-corrected chi connectivity index (χ3v) is 4.23. The maximum Gasteiger partial charge on any atom is 0.119 e. The predicted octanol–water partition coefficient (Wildman–Crippen LogP) is 4.43.